The predicted octanol–water partition coefficient (Wildman–Crippen LogP) is 1.72. The first-order valence-electron chi connectivity index (χ1n) is 5.48. The van der Waals surface area contributed by atoms with Crippen LogP contribution in [0.1, 0.15) is 19.3 Å². The fraction of sp³-hybridized carbons (Fsp3) is 0.455. The van der Waals surface area contributed by atoms with E-state index >= 15 is 0 Å². The topological polar surface area (TPSA) is 33.4 Å². The van der Waals surface area contributed by atoms with E-state index in [1.807, 2.05) is 16.8 Å². The Kier molecular flexibility index (Phi) is 2.05. The first-order valence-corrected chi connectivity index (χ1v) is 5.48. The molecule has 2 aromatic rings. The molecule has 0 aromatic carbocycles. The van der Waals surface area contributed by atoms with Crippen molar-refractivity contribution < 1.29 is 0 Å². The van der Waals surface area contributed by atoms with Gasteiger partial charge in [-0.05, 0) is 19.3 Å². The summed E-state index contributed by atoms with van der Waals surface area (Å²) >= 11 is 0. The molecule has 3 heterocycles. The summed E-state index contributed by atoms with van der Waals surface area (Å²) in [5.74, 6) is 0. The molecule has 0 bridgehead atoms. The van der Waals surface area contributed by atoms with E-state index in [2.05, 4.69) is 21.2 Å². The maximum absolute atomic E-state index is 4.38. The summed E-state index contributed by atoms with van der Waals surface area (Å²) in [5.41, 5.74) is 2.10. The second-order valence-electron chi connectivity index (χ2n) is 3.99. The molecule has 2 aromatic heterocycles. The Morgan fingerprint density at radius 2 is 2.00 bits per heavy atom. The Bertz CT molecular complexity index is 456. The first kappa shape index (κ1) is 8.71. The Balaban J connectivity index is 1.95. The van der Waals surface area contributed by atoms with Crippen LogP contribution in [0.2, 0.25) is 0 Å². The lowest BCUT2D eigenvalue weighted by molar-refractivity contribution is 0.576. The average molecular weight is 202 g/mol. The molecule has 3 rings (SSSR count). The van der Waals surface area contributed by atoms with Crippen molar-refractivity contribution in [1.29, 1.82) is 0 Å². The van der Waals surface area contributed by atoms with Gasteiger partial charge in [-0.15, -0.1) is 0 Å². The number of hydrogen-bond donors (Lipinski definition) is 0. The fourth-order valence-electron chi connectivity index (χ4n) is 2.12. The molecule has 0 spiro atoms. The Hall–Kier alpha value is -1.58. The quantitative estimate of drug-likeness (QED) is 0.706. The third-order valence-corrected chi connectivity index (χ3v) is 2.95. The molecule has 4 heteroatoms. The van der Waals surface area contributed by atoms with Crippen molar-refractivity contribution in [3.63, 3.8) is 0 Å². The molecule has 1 aliphatic rings. The van der Waals surface area contributed by atoms with Gasteiger partial charge in [-0.25, -0.2) is 9.50 Å². The van der Waals surface area contributed by atoms with Crippen molar-refractivity contribution in [2.24, 2.45) is 0 Å². The minimum absolute atomic E-state index is 0.913. The van der Waals surface area contributed by atoms with Crippen molar-refractivity contribution in [2.75, 3.05) is 18.0 Å². The first-order chi connectivity index (χ1) is 7.43. The van der Waals surface area contributed by atoms with Crippen LogP contribution in [0.5, 0.6) is 0 Å². The standard InChI is InChI=1S/C11H14N4/c1-2-6-14(7-3-1)10-8-12-11-4-5-13-15(11)9-10/h4-5,8-9H,1-3,6-7H2. The van der Waals surface area contributed by atoms with Crippen LogP contribution >= 0.6 is 0 Å². The van der Waals surface area contributed by atoms with Gasteiger partial charge in [0.25, 0.3) is 0 Å². The molecule has 0 N–H and O–H groups in total. The zero-order valence-electron chi connectivity index (χ0n) is 8.63. The monoisotopic (exact) mass is 202 g/mol. The molecule has 15 heavy (non-hydrogen) atoms. The van der Waals surface area contributed by atoms with Gasteiger partial charge in [0.15, 0.2) is 5.65 Å². The van der Waals surface area contributed by atoms with Crippen LogP contribution in [-0.4, -0.2) is 27.7 Å². The Morgan fingerprint density at radius 1 is 1.13 bits per heavy atom. The molecule has 1 aliphatic heterocycles. The van der Waals surface area contributed by atoms with Crippen molar-refractivity contribution in [3.05, 3.63) is 24.7 Å². The van der Waals surface area contributed by atoms with Gasteiger partial charge in [-0.3, -0.25) is 0 Å². The van der Waals surface area contributed by atoms with E-state index in [0.29, 0.717) is 0 Å². The van der Waals surface area contributed by atoms with Gasteiger partial charge in [-0.2, -0.15) is 5.10 Å². The van der Waals surface area contributed by atoms with Crippen LogP contribution in [0.4, 0.5) is 5.69 Å². The minimum atomic E-state index is 0.913. The lowest BCUT2D eigenvalue weighted by Gasteiger charge is -2.28. The Labute approximate surface area is 88.5 Å². The number of nitrogens with zero attached hydrogens (tertiary/aromatic N) is 4. The van der Waals surface area contributed by atoms with E-state index in [4.69, 9.17) is 0 Å². The maximum atomic E-state index is 4.38. The Morgan fingerprint density at radius 3 is 2.87 bits per heavy atom. The van der Waals surface area contributed by atoms with Gasteiger partial charge in [0.2, 0.25) is 0 Å². The summed E-state index contributed by atoms with van der Waals surface area (Å²) in [6.07, 6.45) is 9.72. The number of rotatable bonds is 1. The third-order valence-electron chi connectivity index (χ3n) is 2.95. The second kappa shape index (κ2) is 3.53. The van der Waals surface area contributed by atoms with E-state index in [1.54, 1.807) is 6.20 Å². The third kappa shape index (κ3) is 1.56. The summed E-state index contributed by atoms with van der Waals surface area (Å²) in [4.78, 5) is 6.76. The number of hydrogen-bond acceptors (Lipinski definition) is 3. The lowest BCUT2D eigenvalue weighted by atomic mass is 10.1. The molecule has 1 fully saturated rings. The van der Waals surface area contributed by atoms with Crippen LogP contribution in [0.15, 0.2) is 24.7 Å². The predicted molar refractivity (Wildman–Crippen MR) is 59.1 cm³/mol. The molecule has 0 amide bonds. The number of anilines is 1. The zero-order chi connectivity index (χ0) is 10.1. The second-order valence-corrected chi connectivity index (χ2v) is 3.99. The van der Waals surface area contributed by atoms with Gasteiger partial charge in [0.05, 0.1) is 24.3 Å². The fourth-order valence-corrected chi connectivity index (χ4v) is 2.12. The van der Waals surface area contributed by atoms with Crippen molar-refractivity contribution in [2.45, 2.75) is 19.3 Å². The highest BCUT2D eigenvalue weighted by Gasteiger charge is 2.11. The molecule has 0 saturated carbocycles. The molecule has 0 aliphatic carbocycles. The summed E-state index contributed by atoms with van der Waals surface area (Å²) < 4.78 is 1.84. The van der Waals surface area contributed by atoms with Crippen LogP contribution in [0.25, 0.3) is 5.65 Å². The van der Waals surface area contributed by atoms with Crippen molar-refractivity contribution >= 4 is 11.3 Å². The molecule has 0 radical (unpaired) electrons. The highest BCUT2D eigenvalue weighted by molar-refractivity contribution is 5.48. The molecular formula is C11H14N4. The number of piperidine rings is 1. The minimum Gasteiger partial charge on any atom is -0.369 e. The maximum Gasteiger partial charge on any atom is 0.155 e. The van der Waals surface area contributed by atoms with Gasteiger partial charge in [0, 0.05) is 19.2 Å². The molecule has 78 valence electrons. The van der Waals surface area contributed by atoms with E-state index in [1.165, 1.54) is 24.9 Å². The zero-order valence-corrected chi connectivity index (χ0v) is 8.63. The molecule has 4 nitrogen and oxygen atoms in total. The van der Waals surface area contributed by atoms with Crippen LogP contribution in [0, 0.1) is 0 Å². The van der Waals surface area contributed by atoms with Gasteiger partial charge in [0.1, 0.15) is 0 Å². The SMILES string of the molecule is c1cc2ncc(N3CCCCC3)cn2n1. The summed E-state index contributed by atoms with van der Waals surface area (Å²) in [5, 5.41) is 4.20. The molecule has 0 atom stereocenters. The average Bonchev–Trinajstić information content (AvgIpc) is 2.77. The van der Waals surface area contributed by atoms with Crippen LogP contribution < -0.4 is 4.90 Å². The van der Waals surface area contributed by atoms with Gasteiger partial charge in [-0.1, -0.05) is 0 Å². The number of fused-ring (bicyclic) bond motifs is 1. The van der Waals surface area contributed by atoms with Gasteiger partial charge < -0.3 is 4.90 Å². The van der Waals surface area contributed by atoms with E-state index in [0.717, 1.165) is 18.7 Å². The van der Waals surface area contributed by atoms with Crippen LogP contribution in [0.3, 0.4) is 0 Å². The van der Waals surface area contributed by atoms with E-state index in [9.17, 15) is 0 Å². The van der Waals surface area contributed by atoms with E-state index < -0.39 is 0 Å². The normalized spacial score (nSPS) is 17.2. The highest BCUT2D eigenvalue weighted by atomic mass is 15.3. The molecule has 1 saturated heterocycles. The molecular weight excluding hydrogens is 188 g/mol. The molecule has 0 unspecified atom stereocenters. The summed E-state index contributed by atoms with van der Waals surface area (Å²) in [7, 11) is 0. The summed E-state index contributed by atoms with van der Waals surface area (Å²) in [6, 6.07) is 1.92. The van der Waals surface area contributed by atoms with E-state index in [-0.39, 0.29) is 0 Å². The van der Waals surface area contributed by atoms with Gasteiger partial charge >= 0.3 is 0 Å². The summed E-state index contributed by atoms with van der Waals surface area (Å²) in [6.45, 7) is 2.29. The highest BCUT2D eigenvalue weighted by Crippen LogP contribution is 2.18. The van der Waals surface area contributed by atoms with Crippen molar-refractivity contribution in [3.8, 4) is 0 Å². The largest absolute Gasteiger partial charge is 0.369 e. The smallest absolute Gasteiger partial charge is 0.155 e. The van der Waals surface area contributed by atoms with Crippen LogP contribution in [-0.2, 0) is 0 Å². The lowest BCUT2D eigenvalue weighted by Crippen LogP contribution is -2.29. The number of aromatic nitrogens is 3. The van der Waals surface area contributed by atoms with Crippen molar-refractivity contribution in [1.82, 2.24) is 14.6 Å².